The third-order valence-electron chi connectivity index (χ3n) is 5.34. The number of hydrogen-bond donors (Lipinski definition) is 2. The molecular formula is C26H27ClN2O5S. The van der Waals surface area contributed by atoms with Crippen LogP contribution in [0.5, 0.6) is 0 Å². The Balaban J connectivity index is 1.91. The Morgan fingerprint density at radius 1 is 1.06 bits per heavy atom. The SMILES string of the molecule is CCOC(=O)C1=C(CSCNC(=O)c2ccccc2)NC(C)=C(C(=O)OC)C1c1cccc(Cl)c1. The third-order valence-corrected chi connectivity index (χ3v) is 6.42. The summed E-state index contributed by atoms with van der Waals surface area (Å²) >= 11 is 7.66. The van der Waals surface area contributed by atoms with E-state index in [-0.39, 0.29) is 12.5 Å². The van der Waals surface area contributed by atoms with Gasteiger partial charge in [0.1, 0.15) is 0 Å². The number of carbonyl (C=O) groups excluding carboxylic acids is 3. The number of carbonyl (C=O) groups is 3. The summed E-state index contributed by atoms with van der Waals surface area (Å²) in [6, 6.07) is 15.9. The van der Waals surface area contributed by atoms with Gasteiger partial charge in [0.15, 0.2) is 0 Å². The smallest absolute Gasteiger partial charge is 0.336 e. The van der Waals surface area contributed by atoms with Gasteiger partial charge in [0.2, 0.25) is 0 Å². The van der Waals surface area contributed by atoms with Gasteiger partial charge in [-0.25, -0.2) is 9.59 Å². The maximum atomic E-state index is 13.2. The molecule has 35 heavy (non-hydrogen) atoms. The predicted molar refractivity (Wildman–Crippen MR) is 137 cm³/mol. The number of esters is 2. The first-order valence-corrected chi connectivity index (χ1v) is 12.5. The van der Waals surface area contributed by atoms with Crippen molar-refractivity contribution >= 4 is 41.2 Å². The van der Waals surface area contributed by atoms with Crippen LogP contribution in [0.1, 0.15) is 35.7 Å². The Kier molecular flexibility index (Phi) is 9.39. The van der Waals surface area contributed by atoms with Crippen LogP contribution in [0.25, 0.3) is 0 Å². The lowest BCUT2D eigenvalue weighted by Gasteiger charge is -2.31. The van der Waals surface area contributed by atoms with Crippen molar-refractivity contribution in [2.75, 3.05) is 25.3 Å². The average Bonchev–Trinajstić information content (AvgIpc) is 2.86. The summed E-state index contributed by atoms with van der Waals surface area (Å²) in [6.07, 6.45) is 0. The maximum absolute atomic E-state index is 13.2. The van der Waals surface area contributed by atoms with Crippen molar-refractivity contribution in [2.24, 2.45) is 0 Å². The maximum Gasteiger partial charge on any atom is 0.336 e. The summed E-state index contributed by atoms with van der Waals surface area (Å²) in [7, 11) is 1.30. The molecule has 0 spiro atoms. The molecule has 1 heterocycles. The molecule has 0 bridgehead atoms. The highest BCUT2D eigenvalue weighted by atomic mass is 35.5. The van der Waals surface area contributed by atoms with E-state index in [1.54, 1.807) is 56.3 Å². The molecule has 0 radical (unpaired) electrons. The molecule has 7 nitrogen and oxygen atoms in total. The molecule has 184 valence electrons. The van der Waals surface area contributed by atoms with Crippen LogP contribution in [0.2, 0.25) is 5.02 Å². The van der Waals surface area contributed by atoms with Gasteiger partial charge >= 0.3 is 11.9 Å². The van der Waals surface area contributed by atoms with Gasteiger partial charge in [-0.1, -0.05) is 41.9 Å². The van der Waals surface area contributed by atoms with Crippen molar-refractivity contribution < 1.29 is 23.9 Å². The van der Waals surface area contributed by atoms with E-state index in [4.69, 9.17) is 21.1 Å². The van der Waals surface area contributed by atoms with E-state index < -0.39 is 17.9 Å². The van der Waals surface area contributed by atoms with E-state index in [1.807, 2.05) is 12.1 Å². The van der Waals surface area contributed by atoms with E-state index >= 15 is 0 Å². The van der Waals surface area contributed by atoms with E-state index in [0.717, 1.165) is 0 Å². The van der Waals surface area contributed by atoms with Crippen LogP contribution in [0, 0.1) is 0 Å². The van der Waals surface area contributed by atoms with Gasteiger partial charge in [0.25, 0.3) is 5.91 Å². The van der Waals surface area contributed by atoms with E-state index in [2.05, 4.69) is 10.6 Å². The van der Waals surface area contributed by atoms with Crippen LogP contribution in [-0.2, 0) is 19.1 Å². The Morgan fingerprint density at radius 2 is 1.80 bits per heavy atom. The minimum atomic E-state index is -0.726. The van der Waals surface area contributed by atoms with Crippen LogP contribution in [-0.4, -0.2) is 43.2 Å². The Hall–Kier alpha value is -3.23. The Labute approximate surface area is 213 Å². The molecular weight excluding hydrogens is 488 g/mol. The number of nitrogens with one attached hydrogen (secondary N) is 2. The van der Waals surface area contributed by atoms with E-state index in [1.165, 1.54) is 18.9 Å². The quantitative estimate of drug-likeness (QED) is 0.291. The molecule has 0 fully saturated rings. The zero-order valence-electron chi connectivity index (χ0n) is 19.7. The highest BCUT2D eigenvalue weighted by Gasteiger charge is 2.38. The van der Waals surface area contributed by atoms with Crippen LogP contribution in [0.4, 0.5) is 0 Å². The summed E-state index contributed by atoms with van der Waals surface area (Å²) < 4.78 is 10.4. The van der Waals surface area contributed by atoms with Crippen molar-refractivity contribution in [1.82, 2.24) is 10.6 Å². The van der Waals surface area contributed by atoms with Gasteiger partial charge in [-0.15, -0.1) is 11.8 Å². The molecule has 0 saturated carbocycles. The Morgan fingerprint density at radius 3 is 2.46 bits per heavy atom. The molecule has 2 aromatic carbocycles. The molecule has 1 atom stereocenters. The van der Waals surface area contributed by atoms with Crippen molar-refractivity contribution in [3.05, 3.63) is 93.3 Å². The molecule has 1 amide bonds. The molecule has 0 aromatic heterocycles. The third kappa shape index (κ3) is 6.46. The number of allylic oxidation sites excluding steroid dienone is 1. The number of rotatable bonds is 9. The largest absolute Gasteiger partial charge is 0.466 e. The molecule has 1 aliphatic heterocycles. The first kappa shape index (κ1) is 26.4. The van der Waals surface area contributed by atoms with Gasteiger partial charge in [0, 0.05) is 27.7 Å². The fraction of sp³-hybridized carbons (Fsp3) is 0.269. The van der Waals surface area contributed by atoms with Crippen molar-refractivity contribution in [3.63, 3.8) is 0 Å². The number of hydrogen-bond acceptors (Lipinski definition) is 7. The average molecular weight is 515 g/mol. The monoisotopic (exact) mass is 514 g/mol. The second kappa shape index (κ2) is 12.5. The minimum Gasteiger partial charge on any atom is -0.466 e. The number of halogens is 1. The van der Waals surface area contributed by atoms with Gasteiger partial charge in [-0.3, -0.25) is 4.79 Å². The lowest BCUT2D eigenvalue weighted by Crippen LogP contribution is -2.34. The fourth-order valence-corrected chi connectivity index (χ4v) is 4.79. The molecule has 2 aromatic rings. The molecule has 2 N–H and O–H groups in total. The topological polar surface area (TPSA) is 93.7 Å². The van der Waals surface area contributed by atoms with Gasteiger partial charge < -0.3 is 20.1 Å². The first-order chi connectivity index (χ1) is 16.9. The number of dihydropyridines is 1. The lowest BCUT2D eigenvalue weighted by atomic mass is 9.80. The van der Waals surface area contributed by atoms with Crippen molar-refractivity contribution in [2.45, 2.75) is 19.8 Å². The number of benzene rings is 2. The first-order valence-electron chi connectivity index (χ1n) is 11.0. The zero-order valence-corrected chi connectivity index (χ0v) is 21.3. The summed E-state index contributed by atoms with van der Waals surface area (Å²) in [5.74, 6) is -1.31. The van der Waals surface area contributed by atoms with Crippen LogP contribution in [0.15, 0.2) is 77.1 Å². The van der Waals surface area contributed by atoms with Crippen molar-refractivity contribution in [1.29, 1.82) is 0 Å². The molecule has 1 aliphatic rings. The summed E-state index contributed by atoms with van der Waals surface area (Å²) in [5, 5.41) is 6.53. The van der Waals surface area contributed by atoms with Gasteiger partial charge in [-0.05, 0) is 43.7 Å². The molecule has 9 heteroatoms. The summed E-state index contributed by atoms with van der Waals surface area (Å²) in [4.78, 5) is 38.3. The van der Waals surface area contributed by atoms with Gasteiger partial charge in [0.05, 0.1) is 36.7 Å². The normalized spacial score (nSPS) is 15.4. The predicted octanol–water partition coefficient (Wildman–Crippen LogP) is 4.41. The zero-order chi connectivity index (χ0) is 25.4. The highest BCUT2D eigenvalue weighted by molar-refractivity contribution is 7.99. The molecule has 0 aliphatic carbocycles. The number of methoxy groups -OCH3 is 1. The number of amides is 1. The van der Waals surface area contributed by atoms with Crippen LogP contribution >= 0.6 is 23.4 Å². The highest BCUT2D eigenvalue weighted by Crippen LogP contribution is 2.40. The van der Waals surface area contributed by atoms with Crippen LogP contribution < -0.4 is 10.6 Å². The van der Waals surface area contributed by atoms with E-state index in [9.17, 15) is 14.4 Å². The second-order valence-electron chi connectivity index (χ2n) is 7.62. The number of thioether (sulfide) groups is 1. The Bertz CT molecular complexity index is 1160. The fourth-order valence-electron chi connectivity index (χ4n) is 3.82. The summed E-state index contributed by atoms with van der Waals surface area (Å²) in [5.41, 5.74) is 3.02. The molecule has 1 unspecified atom stereocenters. The minimum absolute atomic E-state index is 0.175. The standard InChI is InChI=1S/C26H27ClN2O5S/c1-4-34-26(32)23-20(14-35-15-28-24(30)17-9-6-5-7-10-17)29-16(2)21(25(31)33-3)22(23)18-11-8-12-19(27)13-18/h5-13,22,29H,4,14-15H2,1-3H3,(H,28,30). The molecule has 0 saturated heterocycles. The number of ether oxygens (including phenoxy) is 2. The molecule has 3 rings (SSSR count). The second-order valence-corrected chi connectivity index (χ2v) is 9.04. The van der Waals surface area contributed by atoms with Crippen molar-refractivity contribution in [3.8, 4) is 0 Å². The van der Waals surface area contributed by atoms with E-state index in [0.29, 0.717) is 50.3 Å². The lowest BCUT2D eigenvalue weighted by molar-refractivity contribution is -0.139. The summed E-state index contributed by atoms with van der Waals surface area (Å²) in [6.45, 7) is 3.65. The van der Waals surface area contributed by atoms with Crippen LogP contribution in [0.3, 0.4) is 0 Å². The van der Waals surface area contributed by atoms with Gasteiger partial charge in [-0.2, -0.15) is 0 Å².